The van der Waals surface area contributed by atoms with Crippen molar-refractivity contribution in [2.75, 3.05) is 0 Å². The summed E-state index contributed by atoms with van der Waals surface area (Å²) in [4.78, 5) is 17.6. The zero-order valence-corrected chi connectivity index (χ0v) is 14.5. The molecule has 3 rings (SSSR count). The zero-order chi connectivity index (χ0) is 18.2. The number of aromatic amines is 1. The van der Waals surface area contributed by atoms with Crippen LogP contribution in [-0.2, 0) is 10.0 Å². The maximum Gasteiger partial charge on any atom is 0.271 e. The van der Waals surface area contributed by atoms with E-state index in [0.29, 0.717) is 21.9 Å². The summed E-state index contributed by atoms with van der Waals surface area (Å²) in [5.41, 5.74) is 0.900. The molecule has 1 heterocycles. The fraction of sp³-hybridized carbons (Fsp3) is 0.133. The molecule has 10 heteroatoms. The molecule has 0 amide bonds. The van der Waals surface area contributed by atoms with E-state index in [1.807, 2.05) is 0 Å². The second-order valence-corrected chi connectivity index (χ2v) is 7.53. The van der Waals surface area contributed by atoms with Crippen molar-refractivity contribution >= 4 is 38.3 Å². The number of sulfonamides is 1. The lowest BCUT2D eigenvalue weighted by Crippen LogP contribution is -2.27. The van der Waals surface area contributed by atoms with Gasteiger partial charge < -0.3 is 4.98 Å². The number of nitrogens with zero attached hydrogens (tertiary/aromatic N) is 2. The molecular formula is C15H13ClN4O4S. The number of non-ortho nitro benzene ring substituents is 1. The van der Waals surface area contributed by atoms with E-state index < -0.39 is 21.0 Å². The molecule has 0 aliphatic carbocycles. The fourth-order valence-electron chi connectivity index (χ4n) is 2.31. The molecule has 25 heavy (non-hydrogen) atoms. The molecule has 2 aromatic carbocycles. The Morgan fingerprint density at radius 2 is 1.92 bits per heavy atom. The Hall–Kier alpha value is -2.49. The average Bonchev–Trinajstić information content (AvgIpc) is 2.98. The summed E-state index contributed by atoms with van der Waals surface area (Å²) in [5.74, 6) is 0.355. The Kier molecular flexibility index (Phi) is 4.46. The molecule has 0 spiro atoms. The fourth-order valence-corrected chi connectivity index (χ4v) is 3.64. The number of aromatic nitrogens is 2. The van der Waals surface area contributed by atoms with Crippen LogP contribution in [-0.4, -0.2) is 23.3 Å². The van der Waals surface area contributed by atoms with E-state index in [0.717, 1.165) is 0 Å². The lowest BCUT2D eigenvalue weighted by atomic mass is 10.3. The number of hydrogen-bond donors (Lipinski definition) is 2. The number of H-pyrrole nitrogens is 1. The van der Waals surface area contributed by atoms with Gasteiger partial charge in [0.2, 0.25) is 10.0 Å². The van der Waals surface area contributed by atoms with Crippen molar-refractivity contribution < 1.29 is 13.3 Å². The largest absolute Gasteiger partial charge is 0.340 e. The molecule has 0 aliphatic rings. The normalized spacial score (nSPS) is 13.0. The number of benzene rings is 2. The minimum absolute atomic E-state index is 0.0721. The topological polar surface area (TPSA) is 118 Å². The highest BCUT2D eigenvalue weighted by molar-refractivity contribution is 7.89. The minimum atomic E-state index is -3.76. The number of nitrogens with one attached hydrogen (secondary N) is 2. The smallest absolute Gasteiger partial charge is 0.271 e. The van der Waals surface area contributed by atoms with E-state index in [4.69, 9.17) is 11.6 Å². The van der Waals surface area contributed by atoms with E-state index in [2.05, 4.69) is 14.7 Å². The molecule has 0 saturated carbocycles. The lowest BCUT2D eigenvalue weighted by molar-refractivity contribution is -0.384. The SMILES string of the molecule is CC(NS(=O)(=O)c1ccc(Cl)cc1)c1nc2ccc([N+](=O)[O-])cc2[nH]1. The summed E-state index contributed by atoms with van der Waals surface area (Å²) in [6, 6.07) is 9.32. The molecule has 1 unspecified atom stereocenters. The molecule has 0 bridgehead atoms. The molecule has 8 nitrogen and oxygen atoms in total. The van der Waals surface area contributed by atoms with Crippen LogP contribution in [0.5, 0.6) is 0 Å². The molecule has 0 fully saturated rings. The molecule has 0 saturated heterocycles. The van der Waals surface area contributed by atoms with Crippen LogP contribution in [0.1, 0.15) is 18.8 Å². The van der Waals surface area contributed by atoms with Crippen molar-refractivity contribution in [2.24, 2.45) is 0 Å². The predicted molar refractivity (Wildman–Crippen MR) is 92.9 cm³/mol. The second kappa shape index (κ2) is 6.43. The van der Waals surface area contributed by atoms with E-state index in [-0.39, 0.29) is 10.6 Å². The highest BCUT2D eigenvalue weighted by Gasteiger charge is 2.21. The van der Waals surface area contributed by atoms with Gasteiger partial charge in [-0.3, -0.25) is 10.1 Å². The van der Waals surface area contributed by atoms with Gasteiger partial charge in [-0.2, -0.15) is 0 Å². The Morgan fingerprint density at radius 1 is 1.24 bits per heavy atom. The summed E-state index contributed by atoms with van der Waals surface area (Å²) in [5, 5.41) is 11.3. The Bertz CT molecular complexity index is 1050. The van der Waals surface area contributed by atoms with Crippen molar-refractivity contribution in [1.82, 2.24) is 14.7 Å². The summed E-state index contributed by atoms with van der Waals surface area (Å²) >= 11 is 5.77. The van der Waals surface area contributed by atoms with E-state index in [9.17, 15) is 18.5 Å². The predicted octanol–water partition coefficient (Wildman–Crippen LogP) is 3.16. The van der Waals surface area contributed by atoms with Gasteiger partial charge in [0.05, 0.1) is 26.9 Å². The van der Waals surface area contributed by atoms with Gasteiger partial charge in [-0.25, -0.2) is 18.1 Å². The Balaban J connectivity index is 1.87. The highest BCUT2D eigenvalue weighted by atomic mass is 35.5. The third-order valence-corrected chi connectivity index (χ3v) is 5.37. The van der Waals surface area contributed by atoms with Gasteiger partial charge in [0.15, 0.2) is 0 Å². The third-order valence-electron chi connectivity index (χ3n) is 3.56. The first-order valence-corrected chi connectivity index (χ1v) is 9.04. The van der Waals surface area contributed by atoms with Gasteiger partial charge >= 0.3 is 0 Å². The standard InChI is InChI=1S/C15H13ClN4O4S/c1-9(19-25(23,24)12-5-2-10(16)3-6-12)15-17-13-7-4-11(20(21)22)8-14(13)18-15/h2-9,19H,1H3,(H,17,18). The third kappa shape index (κ3) is 3.63. The van der Waals surface area contributed by atoms with Crippen LogP contribution in [0.2, 0.25) is 5.02 Å². The van der Waals surface area contributed by atoms with Gasteiger partial charge in [-0.15, -0.1) is 0 Å². The van der Waals surface area contributed by atoms with Crippen LogP contribution >= 0.6 is 11.6 Å². The maximum absolute atomic E-state index is 12.4. The minimum Gasteiger partial charge on any atom is -0.340 e. The summed E-state index contributed by atoms with van der Waals surface area (Å²) in [7, 11) is -3.76. The van der Waals surface area contributed by atoms with Crippen molar-refractivity contribution in [2.45, 2.75) is 17.9 Å². The Morgan fingerprint density at radius 3 is 2.56 bits per heavy atom. The first kappa shape index (κ1) is 17.3. The van der Waals surface area contributed by atoms with E-state index in [1.165, 1.54) is 42.5 Å². The number of nitro groups is 1. The monoisotopic (exact) mass is 380 g/mol. The maximum atomic E-state index is 12.4. The van der Waals surface area contributed by atoms with Gasteiger partial charge in [-0.1, -0.05) is 11.6 Å². The number of imidazole rings is 1. The molecular weight excluding hydrogens is 368 g/mol. The van der Waals surface area contributed by atoms with Crippen molar-refractivity contribution in [3.05, 3.63) is 63.4 Å². The molecule has 2 N–H and O–H groups in total. The van der Waals surface area contributed by atoms with E-state index in [1.54, 1.807) is 6.92 Å². The van der Waals surface area contributed by atoms with Crippen LogP contribution in [0.4, 0.5) is 5.69 Å². The van der Waals surface area contributed by atoms with Gasteiger partial charge in [-0.05, 0) is 37.3 Å². The number of rotatable bonds is 5. The summed E-state index contributed by atoms with van der Waals surface area (Å²) < 4.78 is 27.3. The zero-order valence-electron chi connectivity index (χ0n) is 12.9. The highest BCUT2D eigenvalue weighted by Crippen LogP contribution is 2.22. The molecule has 3 aromatic rings. The molecule has 0 radical (unpaired) electrons. The average molecular weight is 381 g/mol. The van der Waals surface area contributed by atoms with Crippen LogP contribution in [0, 0.1) is 10.1 Å². The molecule has 130 valence electrons. The van der Waals surface area contributed by atoms with Crippen LogP contribution < -0.4 is 4.72 Å². The molecule has 0 aliphatic heterocycles. The number of halogens is 1. The number of hydrogen-bond acceptors (Lipinski definition) is 5. The van der Waals surface area contributed by atoms with Crippen molar-refractivity contribution in [3.63, 3.8) is 0 Å². The number of nitro benzene ring substituents is 1. The summed E-state index contributed by atoms with van der Waals surface area (Å²) in [6.45, 7) is 1.62. The first-order valence-electron chi connectivity index (χ1n) is 7.18. The van der Waals surface area contributed by atoms with Gasteiger partial charge in [0.25, 0.3) is 5.69 Å². The quantitative estimate of drug-likeness (QED) is 0.520. The molecule has 1 atom stereocenters. The first-order chi connectivity index (χ1) is 11.8. The second-order valence-electron chi connectivity index (χ2n) is 5.38. The Labute approximate surface area is 148 Å². The van der Waals surface area contributed by atoms with Crippen molar-refractivity contribution in [3.8, 4) is 0 Å². The van der Waals surface area contributed by atoms with Gasteiger partial charge in [0, 0.05) is 17.2 Å². The summed E-state index contributed by atoms with van der Waals surface area (Å²) in [6.07, 6.45) is 0. The van der Waals surface area contributed by atoms with Gasteiger partial charge in [0.1, 0.15) is 5.82 Å². The molecule has 1 aromatic heterocycles. The number of fused-ring (bicyclic) bond motifs is 1. The van der Waals surface area contributed by atoms with Crippen LogP contribution in [0.15, 0.2) is 47.4 Å². The van der Waals surface area contributed by atoms with Crippen molar-refractivity contribution in [1.29, 1.82) is 0 Å². The lowest BCUT2D eigenvalue weighted by Gasteiger charge is -2.12. The van der Waals surface area contributed by atoms with Crippen LogP contribution in [0.3, 0.4) is 0 Å². The van der Waals surface area contributed by atoms with E-state index >= 15 is 0 Å². The van der Waals surface area contributed by atoms with Crippen LogP contribution in [0.25, 0.3) is 11.0 Å².